The molecule has 0 aliphatic heterocycles. The van der Waals surface area contributed by atoms with E-state index in [-0.39, 0.29) is 48.9 Å². The zero-order chi connectivity index (χ0) is 32.5. The SMILES string of the molecule is C=C(C)C(=O)OCCNC(=O)Oc1ccc2ccccc2c1-c1c(OC(=O)NCCOC(=O)C(=C)C)ccc2cc(F)ccc12. The van der Waals surface area contributed by atoms with Crippen LogP contribution >= 0.6 is 0 Å². The molecular weight excluding hydrogens is 583 g/mol. The van der Waals surface area contributed by atoms with Crippen LogP contribution in [0.15, 0.2) is 91.0 Å². The predicted octanol–water partition coefficient (Wildman–Crippen LogP) is 6.21. The number of halogens is 1. The first-order valence-electron chi connectivity index (χ1n) is 13.9. The van der Waals surface area contributed by atoms with Crippen LogP contribution in [0.4, 0.5) is 14.0 Å². The van der Waals surface area contributed by atoms with Crippen LogP contribution in [0, 0.1) is 5.82 Å². The predicted molar refractivity (Wildman–Crippen MR) is 166 cm³/mol. The largest absolute Gasteiger partial charge is 0.460 e. The summed E-state index contributed by atoms with van der Waals surface area (Å²) in [6, 6.07) is 18.0. The number of nitrogens with one attached hydrogen (secondary N) is 2. The molecule has 2 amide bonds. The van der Waals surface area contributed by atoms with Gasteiger partial charge in [-0.05, 0) is 59.7 Å². The number of hydrogen-bond acceptors (Lipinski definition) is 8. The Morgan fingerprint density at radius 2 is 1.16 bits per heavy atom. The smallest absolute Gasteiger partial charge is 0.412 e. The van der Waals surface area contributed by atoms with E-state index in [1.165, 1.54) is 32.0 Å². The van der Waals surface area contributed by atoms with Crippen LogP contribution in [-0.2, 0) is 19.1 Å². The Kier molecular flexibility index (Phi) is 10.5. The van der Waals surface area contributed by atoms with Crippen molar-refractivity contribution in [3.8, 4) is 22.6 Å². The van der Waals surface area contributed by atoms with Crippen molar-refractivity contribution in [2.45, 2.75) is 13.8 Å². The molecule has 0 radical (unpaired) electrons. The lowest BCUT2D eigenvalue weighted by atomic mass is 9.92. The molecule has 232 valence electrons. The van der Waals surface area contributed by atoms with Crippen molar-refractivity contribution in [3.05, 3.63) is 96.9 Å². The number of ether oxygens (including phenoxy) is 4. The Hall–Kier alpha value is -5.71. The molecule has 10 nitrogen and oxygen atoms in total. The Morgan fingerprint density at radius 1 is 0.667 bits per heavy atom. The van der Waals surface area contributed by atoms with E-state index in [1.54, 1.807) is 30.3 Å². The van der Waals surface area contributed by atoms with Gasteiger partial charge in [0.2, 0.25) is 0 Å². The third kappa shape index (κ3) is 8.23. The molecule has 0 aliphatic rings. The van der Waals surface area contributed by atoms with Crippen LogP contribution in [-0.4, -0.2) is 50.4 Å². The monoisotopic (exact) mass is 614 g/mol. The van der Waals surface area contributed by atoms with Crippen molar-refractivity contribution in [3.63, 3.8) is 0 Å². The highest BCUT2D eigenvalue weighted by Gasteiger charge is 2.22. The zero-order valence-corrected chi connectivity index (χ0v) is 24.7. The number of rotatable bonds is 11. The van der Waals surface area contributed by atoms with Gasteiger partial charge in [-0.1, -0.05) is 55.6 Å². The van der Waals surface area contributed by atoms with Crippen LogP contribution in [0.1, 0.15) is 13.8 Å². The second kappa shape index (κ2) is 14.6. The highest BCUT2D eigenvalue weighted by molar-refractivity contribution is 6.10. The van der Waals surface area contributed by atoms with E-state index < -0.39 is 29.9 Å². The van der Waals surface area contributed by atoms with Crippen molar-refractivity contribution in [2.75, 3.05) is 26.3 Å². The maximum absolute atomic E-state index is 14.3. The van der Waals surface area contributed by atoms with Crippen LogP contribution in [0.3, 0.4) is 0 Å². The highest BCUT2D eigenvalue weighted by atomic mass is 19.1. The minimum absolute atomic E-state index is 0.0233. The number of benzene rings is 4. The second-order valence-electron chi connectivity index (χ2n) is 9.93. The first-order chi connectivity index (χ1) is 21.5. The Labute approximate surface area is 258 Å². The Morgan fingerprint density at radius 3 is 1.69 bits per heavy atom. The van der Waals surface area contributed by atoms with Crippen LogP contribution in [0.5, 0.6) is 11.5 Å². The van der Waals surface area contributed by atoms with Gasteiger partial charge in [-0.2, -0.15) is 0 Å². The molecule has 0 aliphatic carbocycles. The molecule has 0 heterocycles. The molecule has 11 heteroatoms. The van der Waals surface area contributed by atoms with Crippen LogP contribution in [0.2, 0.25) is 0 Å². The molecule has 4 aromatic rings. The molecule has 0 bridgehead atoms. The molecular formula is C34H31FN2O8. The summed E-state index contributed by atoms with van der Waals surface area (Å²) in [6.45, 7) is 9.77. The van der Waals surface area contributed by atoms with Gasteiger partial charge in [-0.15, -0.1) is 0 Å². The summed E-state index contributed by atoms with van der Waals surface area (Å²) in [4.78, 5) is 48.9. The van der Waals surface area contributed by atoms with E-state index in [2.05, 4.69) is 23.8 Å². The standard InChI is InChI=1S/C34H31FN2O8/c1-20(2)31(38)42-17-15-36-33(40)44-27-13-9-22-7-5-6-8-25(22)29(27)30-26-12-11-24(35)19-23(26)10-14-28(30)45-34(41)37-16-18-43-32(39)21(3)4/h5-14,19H,1,3,15-18H2,2,4H3,(H,36,40)(H,37,41). The van der Waals surface area contributed by atoms with E-state index in [9.17, 15) is 23.6 Å². The van der Waals surface area contributed by atoms with Gasteiger partial charge in [0.25, 0.3) is 0 Å². The van der Waals surface area contributed by atoms with Crippen molar-refractivity contribution < 1.29 is 42.5 Å². The molecule has 0 unspecified atom stereocenters. The fourth-order valence-corrected chi connectivity index (χ4v) is 4.33. The van der Waals surface area contributed by atoms with Crippen molar-refractivity contribution in [1.82, 2.24) is 10.6 Å². The van der Waals surface area contributed by atoms with Gasteiger partial charge < -0.3 is 29.6 Å². The van der Waals surface area contributed by atoms with Gasteiger partial charge in [0.1, 0.15) is 30.5 Å². The van der Waals surface area contributed by atoms with Gasteiger partial charge in [-0.3, -0.25) is 0 Å². The summed E-state index contributed by atoms with van der Waals surface area (Å²) in [5.41, 5.74) is 1.23. The molecule has 2 N–H and O–H groups in total. The molecule has 0 saturated heterocycles. The zero-order valence-electron chi connectivity index (χ0n) is 24.7. The average Bonchev–Trinajstić information content (AvgIpc) is 3.01. The number of amides is 2. The highest BCUT2D eigenvalue weighted by Crippen LogP contribution is 2.45. The summed E-state index contributed by atoms with van der Waals surface area (Å²) in [5, 5.41) is 7.53. The van der Waals surface area contributed by atoms with Gasteiger partial charge in [0, 0.05) is 22.3 Å². The summed E-state index contributed by atoms with van der Waals surface area (Å²) in [7, 11) is 0. The van der Waals surface area contributed by atoms with Crippen LogP contribution < -0.4 is 20.1 Å². The van der Waals surface area contributed by atoms with Gasteiger partial charge in [-0.25, -0.2) is 23.6 Å². The van der Waals surface area contributed by atoms with E-state index in [1.807, 2.05) is 18.2 Å². The Balaban J connectivity index is 1.69. The van der Waals surface area contributed by atoms with E-state index in [0.29, 0.717) is 27.3 Å². The van der Waals surface area contributed by atoms with Gasteiger partial charge >= 0.3 is 24.1 Å². The first-order valence-corrected chi connectivity index (χ1v) is 13.9. The number of esters is 2. The molecule has 0 fully saturated rings. The van der Waals surface area contributed by atoms with E-state index >= 15 is 0 Å². The van der Waals surface area contributed by atoms with E-state index in [0.717, 1.165) is 5.39 Å². The Bertz CT molecular complexity index is 1820. The number of carbonyl (C=O) groups is 4. The molecule has 0 atom stereocenters. The van der Waals surface area contributed by atoms with Crippen molar-refractivity contribution >= 4 is 45.7 Å². The molecule has 45 heavy (non-hydrogen) atoms. The number of fused-ring (bicyclic) bond motifs is 2. The third-order valence-corrected chi connectivity index (χ3v) is 6.40. The van der Waals surface area contributed by atoms with Crippen molar-refractivity contribution in [2.24, 2.45) is 0 Å². The van der Waals surface area contributed by atoms with Gasteiger partial charge in [0.05, 0.1) is 13.1 Å². The topological polar surface area (TPSA) is 129 Å². The quantitative estimate of drug-likeness (QED) is 0.116. The van der Waals surface area contributed by atoms with E-state index in [4.69, 9.17) is 18.9 Å². The summed E-state index contributed by atoms with van der Waals surface area (Å²) >= 11 is 0. The molecule has 4 aromatic carbocycles. The molecule has 4 rings (SSSR count). The second-order valence-corrected chi connectivity index (χ2v) is 9.93. The van der Waals surface area contributed by atoms with Crippen molar-refractivity contribution in [1.29, 1.82) is 0 Å². The maximum atomic E-state index is 14.3. The summed E-state index contributed by atoms with van der Waals surface area (Å²) in [6.07, 6.45) is -1.66. The lowest BCUT2D eigenvalue weighted by Crippen LogP contribution is -2.31. The number of hydrogen-bond donors (Lipinski definition) is 2. The van der Waals surface area contributed by atoms with Gasteiger partial charge in [0.15, 0.2) is 0 Å². The lowest BCUT2D eigenvalue weighted by molar-refractivity contribution is -0.139. The molecule has 0 saturated carbocycles. The fraction of sp³-hybridized carbons (Fsp3) is 0.176. The maximum Gasteiger partial charge on any atom is 0.412 e. The normalized spacial score (nSPS) is 10.6. The average molecular weight is 615 g/mol. The summed E-state index contributed by atoms with van der Waals surface area (Å²) < 4.78 is 35.7. The molecule has 0 spiro atoms. The summed E-state index contributed by atoms with van der Waals surface area (Å²) in [5.74, 6) is -1.42. The fourth-order valence-electron chi connectivity index (χ4n) is 4.33. The third-order valence-electron chi connectivity index (χ3n) is 6.40. The minimum Gasteiger partial charge on any atom is -0.460 e. The first kappa shape index (κ1) is 32.2. The van der Waals surface area contributed by atoms with Crippen LogP contribution in [0.25, 0.3) is 32.7 Å². The molecule has 0 aromatic heterocycles. The lowest BCUT2D eigenvalue weighted by Gasteiger charge is -2.19. The minimum atomic E-state index is -0.839. The number of carbonyl (C=O) groups excluding carboxylic acids is 4.